The first-order chi connectivity index (χ1) is 7.66. The number of benzene rings is 1. The van der Waals surface area contributed by atoms with Crippen LogP contribution in [0, 0.1) is 0 Å². The van der Waals surface area contributed by atoms with Gasteiger partial charge in [0.15, 0.2) is 11.5 Å². The van der Waals surface area contributed by atoms with E-state index < -0.39 is 5.79 Å². The van der Waals surface area contributed by atoms with E-state index in [9.17, 15) is 0 Å². The van der Waals surface area contributed by atoms with Crippen LogP contribution in [0.25, 0.3) is 0 Å². The highest BCUT2D eigenvalue weighted by Crippen LogP contribution is 2.42. The molecule has 4 heteroatoms. The summed E-state index contributed by atoms with van der Waals surface area (Å²) < 4.78 is 12.4. The molecule has 0 unspecified atom stereocenters. The molecule has 0 saturated carbocycles. The Hall–Kier alpha value is -0.740. The van der Waals surface area contributed by atoms with Gasteiger partial charge in [-0.15, -0.1) is 0 Å². The molecule has 2 N–H and O–H groups in total. The van der Waals surface area contributed by atoms with Gasteiger partial charge < -0.3 is 15.2 Å². The number of ether oxygens (including phenoxy) is 2. The second-order valence-corrected chi connectivity index (χ2v) is 6.51. The fraction of sp³-hybridized carbons (Fsp3) is 0.538. The highest BCUT2D eigenvalue weighted by atomic mass is 79.9. The third-order valence-corrected chi connectivity index (χ3v) is 3.21. The molecule has 1 aromatic rings. The van der Waals surface area contributed by atoms with E-state index in [2.05, 4.69) is 15.9 Å². The zero-order chi connectivity index (χ0) is 12.8. The van der Waals surface area contributed by atoms with Crippen molar-refractivity contribution in [3.8, 4) is 11.5 Å². The lowest BCUT2D eigenvalue weighted by Gasteiger charge is -2.19. The molecule has 0 aliphatic carbocycles. The maximum Gasteiger partial charge on any atom is 0.246 e. The van der Waals surface area contributed by atoms with Crippen LogP contribution in [0.5, 0.6) is 11.5 Å². The van der Waals surface area contributed by atoms with Gasteiger partial charge in [0, 0.05) is 23.9 Å². The van der Waals surface area contributed by atoms with Crippen LogP contribution in [0.4, 0.5) is 0 Å². The van der Waals surface area contributed by atoms with Gasteiger partial charge >= 0.3 is 0 Å². The molecule has 0 bridgehead atoms. The van der Waals surface area contributed by atoms with Crippen LogP contribution in [-0.2, 0) is 6.42 Å². The average Bonchev–Trinajstić information content (AvgIpc) is 2.36. The molecule has 1 aliphatic heterocycles. The van der Waals surface area contributed by atoms with E-state index in [0.717, 1.165) is 28.0 Å². The predicted molar refractivity (Wildman–Crippen MR) is 71.4 cm³/mol. The Bertz CT molecular complexity index is 449. The molecule has 3 nitrogen and oxygen atoms in total. The summed E-state index contributed by atoms with van der Waals surface area (Å²) in [7, 11) is 0. The summed E-state index contributed by atoms with van der Waals surface area (Å²) in [5, 5.41) is 0. The topological polar surface area (TPSA) is 44.5 Å². The Kier molecular flexibility index (Phi) is 2.91. The number of fused-ring (bicyclic) bond motifs is 1. The number of hydrogen-bond donors (Lipinski definition) is 1. The molecule has 0 radical (unpaired) electrons. The van der Waals surface area contributed by atoms with Gasteiger partial charge in [-0.2, -0.15) is 0 Å². The smallest absolute Gasteiger partial charge is 0.246 e. The second kappa shape index (κ2) is 3.89. The first-order valence-electron chi connectivity index (χ1n) is 5.66. The van der Waals surface area contributed by atoms with E-state index >= 15 is 0 Å². The Morgan fingerprint density at radius 1 is 1.24 bits per heavy atom. The Morgan fingerprint density at radius 3 is 2.29 bits per heavy atom. The highest BCUT2D eigenvalue weighted by molar-refractivity contribution is 9.10. The first kappa shape index (κ1) is 12.7. The Labute approximate surface area is 110 Å². The number of rotatable bonds is 2. The van der Waals surface area contributed by atoms with E-state index in [4.69, 9.17) is 15.2 Å². The molecule has 17 heavy (non-hydrogen) atoms. The SMILES string of the molecule is CC(C)(N)Cc1cc2c(cc1Br)OC(C)(C)O2. The van der Waals surface area contributed by atoms with Crippen LogP contribution in [0.15, 0.2) is 16.6 Å². The molecule has 94 valence electrons. The van der Waals surface area contributed by atoms with Crippen molar-refractivity contribution in [3.63, 3.8) is 0 Å². The van der Waals surface area contributed by atoms with Crippen LogP contribution in [0.1, 0.15) is 33.3 Å². The molecule has 0 saturated heterocycles. The molecule has 0 spiro atoms. The molecule has 0 fully saturated rings. The molecule has 0 atom stereocenters. The predicted octanol–water partition coefficient (Wildman–Crippen LogP) is 3.24. The zero-order valence-corrected chi connectivity index (χ0v) is 12.2. The van der Waals surface area contributed by atoms with Gasteiger partial charge in [-0.3, -0.25) is 0 Å². The minimum atomic E-state index is -0.585. The van der Waals surface area contributed by atoms with Crippen molar-refractivity contribution in [1.29, 1.82) is 0 Å². The first-order valence-corrected chi connectivity index (χ1v) is 6.45. The molecule has 0 amide bonds. The summed E-state index contributed by atoms with van der Waals surface area (Å²) in [5.74, 6) is 0.983. The summed E-state index contributed by atoms with van der Waals surface area (Å²) in [5.41, 5.74) is 6.93. The van der Waals surface area contributed by atoms with Gasteiger partial charge in [-0.05, 0) is 38.0 Å². The monoisotopic (exact) mass is 299 g/mol. The largest absolute Gasteiger partial charge is 0.449 e. The zero-order valence-electron chi connectivity index (χ0n) is 10.6. The van der Waals surface area contributed by atoms with E-state index in [0.29, 0.717) is 0 Å². The van der Waals surface area contributed by atoms with Crippen LogP contribution in [0.3, 0.4) is 0 Å². The fourth-order valence-electron chi connectivity index (χ4n) is 1.91. The minimum Gasteiger partial charge on any atom is -0.449 e. The van der Waals surface area contributed by atoms with Crippen molar-refractivity contribution in [3.05, 3.63) is 22.2 Å². The molecular formula is C13H18BrNO2. The van der Waals surface area contributed by atoms with Crippen molar-refractivity contribution in [2.45, 2.75) is 45.4 Å². The van der Waals surface area contributed by atoms with Gasteiger partial charge in [0.25, 0.3) is 0 Å². The van der Waals surface area contributed by atoms with Gasteiger partial charge in [-0.1, -0.05) is 15.9 Å². The van der Waals surface area contributed by atoms with Crippen LogP contribution >= 0.6 is 15.9 Å². The van der Waals surface area contributed by atoms with Gasteiger partial charge in [0.2, 0.25) is 5.79 Å². The summed E-state index contributed by atoms with van der Waals surface area (Å²) in [4.78, 5) is 0. The fourth-order valence-corrected chi connectivity index (χ4v) is 2.38. The maximum atomic E-state index is 6.04. The molecule has 2 rings (SSSR count). The standard InChI is InChI=1S/C13H18BrNO2/c1-12(2,15)7-8-5-10-11(6-9(8)14)17-13(3,4)16-10/h5-6H,7,15H2,1-4H3. The van der Waals surface area contributed by atoms with E-state index in [1.165, 1.54) is 0 Å². The van der Waals surface area contributed by atoms with E-state index in [-0.39, 0.29) is 5.54 Å². The van der Waals surface area contributed by atoms with Gasteiger partial charge in [0.1, 0.15) is 0 Å². The lowest BCUT2D eigenvalue weighted by atomic mass is 9.96. The third-order valence-electron chi connectivity index (χ3n) is 2.47. The minimum absolute atomic E-state index is 0.244. The van der Waals surface area contributed by atoms with Crippen molar-refractivity contribution in [2.75, 3.05) is 0 Å². The number of nitrogens with two attached hydrogens (primary N) is 1. The quantitative estimate of drug-likeness (QED) is 0.912. The van der Waals surface area contributed by atoms with Crippen molar-refractivity contribution in [1.82, 2.24) is 0 Å². The molecular weight excluding hydrogens is 282 g/mol. The maximum absolute atomic E-state index is 6.04. The third kappa shape index (κ3) is 2.93. The van der Waals surface area contributed by atoms with Crippen molar-refractivity contribution >= 4 is 15.9 Å². The summed E-state index contributed by atoms with van der Waals surface area (Å²) >= 11 is 3.55. The summed E-state index contributed by atoms with van der Waals surface area (Å²) in [6.45, 7) is 7.81. The molecule has 1 aromatic carbocycles. The van der Waals surface area contributed by atoms with Gasteiger partial charge in [-0.25, -0.2) is 0 Å². The van der Waals surface area contributed by atoms with Gasteiger partial charge in [0.05, 0.1) is 0 Å². The normalized spacial score (nSPS) is 17.3. The Balaban J connectivity index is 2.34. The highest BCUT2D eigenvalue weighted by Gasteiger charge is 2.32. The summed E-state index contributed by atoms with van der Waals surface area (Å²) in [6.07, 6.45) is 0.782. The summed E-state index contributed by atoms with van der Waals surface area (Å²) in [6, 6.07) is 3.95. The molecule has 0 aromatic heterocycles. The number of halogens is 1. The lowest BCUT2D eigenvalue weighted by Crippen LogP contribution is -2.34. The van der Waals surface area contributed by atoms with Crippen molar-refractivity contribution < 1.29 is 9.47 Å². The average molecular weight is 300 g/mol. The molecule has 1 heterocycles. The molecule has 1 aliphatic rings. The van der Waals surface area contributed by atoms with Crippen LogP contribution in [0.2, 0.25) is 0 Å². The van der Waals surface area contributed by atoms with Crippen LogP contribution < -0.4 is 15.2 Å². The number of hydrogen-bond acceptors (Lipinski definition) is 3. The lowest BCUT2D eigenvalue weighted by molar-refractivity contribution is -0.0431. The van der Waals surface area contributed by atoms with E-state index in [1.807, 2.05) is 39.8 Å². The van der Waals surface area contributed by atoms with Crippen molar-refractivity contribution in [2.24, 2.45) is 5.73 Å². The Morgan fingerprint density at radius 2 is 1.76 bits per heavy atom. The van der Waals surface area contributed by atoms with Crippen LogP contribution in [-0.4, -0.2) is 11.3 Å². The van der Waals surface area contributed by atoms with E-state index in [1.54, 1.807) is 0 Å². The second-order valence-electron chi connectivity index (χ2n) is 5.66.